The second kappa shape index (κ2) is 4.80. The molecule has 1 aliphatic heterocycles. The number of carbonyl (C=O) groups is 1. The lowest BCUT2D eigenvalue weighted by Crippen LogP contribution is -2.39. The first kappa shape index (κ1) is 11.8. The van der Waals surface area contributed by atoms with Gasteiger partial charge in [0.25, 0.3) is 0 Å². The van der Waals surface area contributed by atoms with Crippen molar-refractivity contribution in [3.8, 4) is 0 Å². The highest BCUT2D eigenvalue weighted by Crippen LogP contribution is 2.25. The van der Waals surface area contributed by atoms with Crippen LogP contribution in [0.3, 0.4) is 0 Å². The van der Waals surface area contributed by atoms with E-state index in [-0.39, 0.29) is 18.0 Å². The van der Waals surface area contributed by atoms with E-state index in [0.717, 1.165) is 17.9 Å². The molecule has 0 saturated heterocycles. The number of anilines is 1. The third-order valence-electron chi connectivity index (χ3n) is 3.42. The van der Waals surface area contributed by atoms with E-state index in [9.17, 15) is 4.79 Å². The molecule has 0 bridgehead atoms. The highest BCUT2D eigenvalue weighted by Gasteiger charge is 2.27. The van der Waals surface area contributed by atoms with E-state index in [2.05, 4.69) is 10.6 Å². The van der Waals surface area contributed by atoms with Crippen molar-refractivity contribution in [3.05, 3.63) is 54.0 Å². The van der Waals surface area contributed by atoms with Crippen LogP contribution in [0.1, 0.15) is 24.3 Å². The summed E-state index contributed by atoms with van der Waals surface area (Å²) in [5.41, 5.74) is 2.24. The molecule has 1 aliphatic rings. The molecule has 2 N–H and O–H groups in total. The van der Waals surface area contributed by atoms with Gasteiger partial charge in [-0.1, -0.05) is 18.2 Å². The standard InChI is InChI=1S/C15H16N2O2/c1-10(14-7-4-8-19-14)16-15(18)13-9-11-5-2-3-6-12(11)17-13/h2-8,10,13,17H,9H2,1H3,(H,16,18)/t10-,13?/m1/s1. The fourth-order valence-electron chi connectivity index (χ4n) is 2.38. The Hall–Kier alpha value is -2.23. The highest BCUT2D eigenvalue weighted by molar-refractivity contribution is 5.87. The summed E-state index contributed by atoms with van der Waals surface area (Å²) >= 11 is 0. The summed E-state index contributed by atoms with van der Waals surface area (Å²) in [5.74, 6) is 0.768. The van der Waals surface area contributed by atoms with Crippen molar-refractivity contribution < 1.29 is 9.21 Å². The number of nitrogens with one attached hydrogen (secondary N) is 2. The van der Waals surface area contributed by atoms with Crippen LogP contribution >= 0.6 is 0 Å². The van der Waals surface area contributed by atoms with Gasteiger partial charge in [-0.15, -0.1) is 0 Å². The fourth-order valence-corrected chi connectivity index (χ4v) is 2.38. The molecule has 19 heavy (non-hydrogen) atoms. The molecular formula is C15H16N2O2. The van der Waals surface area contributed by atoms with Gasteiger partial charge < -0.3 is 15.1 Å². The first-order chi connectivity index (χ1) is 9.24. The fraction of sp³-hybridized carbons (Fsp3) is 0.267. The van der Waals surface area contributed by atoms with Gasteiger partial charge in [0.2, 0.25) is 5.91 Å². The van der Waals surface area contributed by atoms with Crippen molar-refractivity contribution in [2.75, 3.05) is 5.32 Å². The number of hydrogen-bond acceptors (Lipinski definition) is 3. The number of benzene rings is 1. The lowest BCUT2D eigenvalue weighted by Gasteiger charge is -2.16. The van der Waals surface area contributed by atoms with Crippen molar-refractivity contribution >= 4 is 11.6 Å². The molecule has 0 radical (unpaired) electrons. The van der Waals surface area contributed by atoms with E-state index in [1.54, 1.807) is 6.26 Å². The summed E-state index contributed by atoms with van der Waals surface area (Å²) in [5, 5.41) is 6.21. The van der Waals surface area contributed by atoms with Crippen LogP contribution < -0.4 is 10.6 Å². The van der Waals surface area contributed by atoms with E-state index < -0.39 is 0 Å². The Labute approximate surface area is 111 Å². The van der Waals surface area contributed by atoms with Gasteiger partial charge in [0.15, 0.2) is 0 Å². The Bertz CT molecular complexity index is 553. The third kappa shape index (κ3) is 2.34. The molecule has 1 amide bonds. The monoisotopic (exact) mass is 256 g/mol. The molecule has 2 atom stereocenters. The number of fused-ring (bicyclic) bond motifs is 1. The van der Waals surface area contributed by atoms with Crippen molar-refractivity contribution in [2.45, 2.75) is 25.4 Å². The average molecular weight is 256 g/mol. The molecule has 2 heterocycles. The summed E-state index contributed by atoms with van der Waals surface area (Å²) < 4.78 is 5.29. The number of para-hydroxylation sites is 1. The predicted molar refractivity (Wildman–Crippen MR) is 72.8 cm³/mol. The van der Waals surface area contributed by atoms with E-state index in [1.807, 2.05) is 43.3 Å². The first-order valence-electron chi connectivity index (χ1n) is 6.42. The molecule has 2 aromatic rings. The highest BCUT2D eigenvalue weighted by atomic mass is 16.3. The summed E-state index contributed by atoms with van der Waals surface area (Å²) in [6, 6.07) is 11.4. The van der Waals surface area contributed by atoms with Crippen LogP contribution in [0.2, 0.25) is 0 Å². The van der Waals surface area contributed by atoms with E-state index in [4.69, 9.17) is 4.42 Å². The van der Waals surface area contributed by atoms with Crippen LogP contribution in [0.5, 0.6) is 0 Å². The zero-order valence-corrected chi connectivity index (χ0v) is 10.7. The minimum Gasteiger partial charge on any atom is -0.467 e. The number of hydrogen-bond donors (Lipinski definition) is 2. The Kier molecular flexibility index (Phi) is 2.99. The topological polar surface area (TPSA) is 54.3 Å². The Morgan fingerprint density at radius 1 is 1.37 bits per heavy atom. The van der Waals surface area contributed by atoms with Gasteiger partial charge in [-0.25, -0.2) is 0 Å². The van der Waals surface area contributed by atoms with Crippen LogP contribution in [-0.4, -0.2) is 11.9 Å². The zero-order chi connectivity index (χ0) is 13.2. The molecule has 1 aromatic carbocycles. The Balaban J connectivity index is 1.64. The maximum Gasteiger partial charge on any atom is 0.243 e. The average Bonchev–Trinajstić information content (AvgIpc) is 3.07. The maximum absolute atomic E-state index is 12.2. The van der Waals surface area contributed by atoms with Crippen molar-refractivity contribution in [1.29, 1.82) is 0 Å². The molecule has 98 valence electrons. The van der Waals surface area contributed by atoms with Crippen LogP contribution in [0.4, 0.5) is 5.69 Å². The van der Waals surface area contributed by atoms with Gasteiger partial charge >= 0.3 is 0 Å². The van der Waals surface area contributed by atoms with Crippen LogP contribution in [0.15, 0.2) is 47.1 Å². The Morgan fingerprint density at radius 2 is 2.21 bits per heavy atom. The lowest BCUT2D eigenvalue weighted by atomic mass is 10.1. The van der Waals surface area contributed by atoms with E-state index in [0.29, 0.717) is 0 Å². The van der Waals surface area contributed by atoms with Gasteiger partial charge in [0.1, 0.15) is 11.8 Å². The number of carbonyl (C=O) groups excluding carboxylic acids is 1. The maximum atomic E-state index is 12.2. The molecular weight excluding hydrogens is 240 g/mol. The number of amides is 1. The quantitative estimate of drug-likeness (QED) is 0.887. The van der Waals surface area contributed by atoms with Crippen molar-refractivity contribution in [2.24, 2.45) is 0 Å². The van der Waals surface area contributed by atoms with E-state index in [1.165, 1.54) is 5.56 Å². The zero-order valence-electron chi connectivity index (χ0n) is 10.7. The minimum atomic E-state index is -0.199. The van der Waals surface area contributed by atoms with Crippen LogP contribution in [0, 0.1) is 0 Å². The summed E-state index contributed by atoms with van der Waals surface area (Å²) in [6.45, 7) is 1.92. The summed E-state index contributed by atoms with van der Waals surface area (Å²) in [4.78, 5) is 12.2. The summed E-state index contributed by atoms with van der Waals surface area (Å²) in [7, 11) is 0. The third-order valence-corrected chi connectivity index (χ3v) is 3.42. The van der Waals surface area contributed by atoms with Gasteiger partial charge in [0, 0.05) is 12.1 Å². The molecule has 3 rings (SSSR count). The molecule has 0 spiro atoms. The Morgan fingerprint density at radius 3 is 2.95 bits per heavy atom. The first-order valence-corrected chi connectivity index (χ1v) is 6.42. The van der Waals surface area contributed by atoms with Gasteiger partial charge in [0.05, 0.1) is 12.3 Å². The van der Waals surface area contributed by atoms with Crippen molar-refractivity contribution in [1.82, 2.24) is 5.32 Å². The van der Waals surface area contributed by atoms with Crippen LogP contribution in [0.25, 0.3) is 0 Å². The smallest absolute Gasteiger partial charge is 0.243 e. The number of furan rings is 1. The molecule has 1 unspecified atom stereocenters. The molecule has 1 aromatic heterocycles. The van der Waals surface area contributed by atoms with E-state index >= 15 is 0 Å². The second-order valence-corrected chi connectivity index (χ2v) is 4.80. The molecule has 4 nitrogen and oxygen atoms in total. The normalized spacial score (nSPS) is 18.5. The minimum absolute atomic E-state index is 0.0000926. The molecule has 0 saturated carbocycles. The molecule has 0 aliphatic carbocycles. The van der Waals surface area contributed by atoms with Crippen LogP contribution in [-0.2, 0) is 11.2 Å². The van der Waals surface area contributed by atoms with Gasteiger partial charge in [-0.05, 0) is 30.7 Å². The van der Waals surface area contributed by atoms with Gasteiger partial charge in [-0.2, -0.15) is 0 Å². The largest absolute Gasteiger partial charge is 0.467 e. The second-order valence-electron chi connectivity index (χ2n) is 4.80. The number of rotatable bonds is 3. The van der Waals surface area contributed by atoms with Gasteiger partial charge in [-0.3, -0.25) is 4.79 Å². The molecule has 0 fully saturated rings. The summed E-state index contributed by atoms with van der Waals surface area (Å²) in [6.07, 6.45) is 2.34. The lowest BCUT2D eigenvalue weighted by molar-refractivity contribution is -0.122. The molecule has 4 heteroatoms. The van der Waals surface area contributed by atoms with Crippen molar-refractivity contribution in [3.63, 3.8) is 0 Å². The predicted octanol–water partition coefficient (Wildman–Crippen LogP) is 2.49. The SMILES string of the molecule is C[C@@H](NC(=O)C1Cc2ccccc2N1)c1ccco1.